The first-order chi connectivity index (χ1) is 13.2. The van der Waals surface area contributed by atoms with Gasteiger partial charge in [0.05, 0.1) is 18.3 Å². The van der Waals surface area contributed by atoms with E-state index in [0.717, 1.165) is 24.4 Å². The van der Waals surface area contributed by atoms with E-state index < -0.39 is 23.5 Å². The largest absolute Gasteiger partial charge is 0.456 e. The minimum absolute atomic E-state index is 0.0703. The first-order valence-corrected chi connectivity index (χ1v) is 8.04. The molecule has 0 atom stereocenters. The highest BCUT2D eigenvalue weighted by Gasteiger charge is 2.32. The van der Waals surface area contributed by atoms with Crippen LogP contribution in [-0.4, -0.2) is 20.7 Å². The molecule has 3 rings (SSSR count). The number of pyridine rings is 3. The highest BCUT2D eigenvalue weighted by atomic mass is 19.4. The second kappa shape index (κ2) is 7.71. The first-order valence-electron chi connectivity index (χ1n) is 8.04. The highest BCUT2D eigenvalue weighted by Crippen LogP contribution is 2.29. The molecule has 0 radical (unpaired) electrons. The molecule has 0 saturated carbocycles. The summed E-state index contributed by atoms with van der Waals surface area (Å²) in [5.74, 6) is -0.626. The zero-order valence-electron chi connectivity index (χ0n) is 14.5. The van der Waals surface area contributed by atoms with Crippen LogP contribution in [0.1, 0.15) is 27.6 Å². The van der Waals surface area contributed by atoms with E-state index in [0.29, 0.717) is 5.69 Å². The minimum atomic E-state index is -4.55. The van der Waals surface area contributed by atoms with Gasteiger partial charge >= 0.3 is 6.18 Å². The number of hydrogen-bond donors (Lipinski definition) is 0. The Hall–Kier alpha value is -3.36. The molecule has 0 aliphatic carbocycles. The summed E-state index contributed by atoms with van der Waals surface area (Å²) < 4.78 is 56.4. The van der Waals surface area contributed by atoms with Gasteiger partial charge in [0.2, 0.25) is 0 Å². The van der Waals surface area contributed by atoms with Crippen LogP contribution in [0, 0.1) is 12.7 Å². The van der Waals surface area contributed by atoms with Gasteiger partial charge in [-0.05, 0) is 31.2 Å². The molecule has 144 valence electrons. The van der Waals surface area contributed by atoms with E-state index in [1.165, 1.54) is 24.4 Å². The third-order valence-corrected chi connectivity index (χ3v) is 3.60. The van der Waals surface area contributed by atoms with Crippen molar-refractivity contribution in [3.63, 3.8) is 0 Å². The Labute approximate surface area is 157 Å². The molecular weight excluding hydrogens is 378 g/mol. The van der Waals surface area contributed by atoms with Gasteiger partial charge in [0.25, 0.3) is 0 Å². The van der Waals surface area contributed by atoms with Gasteiger partial charge in [0, 0.05) is 24.0 Å². The molecule has 0 spiro atoms. The van der Waals surface area contributed by atoms with Gasteiger partial charge in [-0.25, -0.2) is 14.4 Å². The number of rotatable bonds is 5. The van der Waals surface area contributed by atoms with E-state index in [9.17, 15) is 22.4 Å². The van der Waals surface area contributed by atoms with E-state index in [4.69, 9.17) is 4.74 Å². The number of Topliss-reactive ketones (excluding diaryl/α,β-unsaturated/α-hetero) is 1. The van der Waals surface area contributed by atoms with Crippen molar-refractivity contribution in [2.45, 2.75) is 19.5 Å². The monoisotopic (exact) mass is 391 g/mol. The van der Waals surface area contributed by atoms with Gasteiger partial charge < -0.3 is 4.74 Å². The summed E-state index contributed by atoms with van der Waals surface area (Å²) in [6.45, 7) is 1.63. The second-order valence-corrected chi connectivity index (χ2v) is 5.87. The molecule has 0 bridgehead atoms. The second-order valence-electron chi connectivity index (χ2n) is 5.87. The van der Waals surface area contributed by atoms with Crippen molar-refractivity contribution in [3.05, 3.63) is 77.4 Å². The van der Waals surface area contributed by atoms with E-state index in [2.05, 4.69) is 15.0 Å². The van der Waals surface area contributed by atoms with Crippen molar-refractivity contribution in [2.75, 3.05) is 0 Å². The average molecular weight is 391 g/mol. The van der Waals surface area contributed by atoms with Crippen LogP contribution in [0.4, 0.5) is 17.6 Å². The fourth-order valence-electron chi connectivity index (χ4n) is 2.38. The minimum Gasteiger partial charge on any atom is -0.456 e. The Bertz CT molecular complexity index is 1000. The Morgan fingerprint density at radius 2 is 1.86 bits per heavy atom. The van der Waals surface area contributed by atoms with Gasteiger partial charge in [-0.3, -0.25) is 9.78 Å². The topological polar surface area (TPSA) is 65.0 Å². The smallest absolute Gasteiger partial charge is 0.433 e. The van der Waals surface area contributed by atoms with E-state index in [1.54, 1.807) is 6.92 Å². The molecule has 0 saturated heterocycles. The number of ether oxygens (including phenoxy) is 1. The lowest BCUT2D eigenvalue weighted by Crippen LogP contribution is -2.09. The molecule has 0 N–H and O–H groups in total. The number of nitrogens with zero attached hydrogens (tertiary/aromatic N) is 3. The predicted octanol–water partition coefficient (Wildman–Crippen LogP) is 4.56. The highest BCUT2D eigenvalue weighted by molar-refractivity contribution is 5.95. The SMILES string of the molecule is Cc1cc(Oc2ccc(C(F)(F)F)nc2)cc(C(=O)Cc2cc(F)ccn2)n1. The maximum atomic E-state index is 13.2. The predicted molar refractivity (Wildman–Crippen MR) is 90.5 cm³/mol. The molecule has 0 fully saturated rings. The van der Waals surface area contributed by atoms with Crippen molar-refractivity contribution in [2.24, 2.45) is 0 Å². The van der Waals surface area contributed by atoms with Crippen LogP contribution < -0.4 is 4.74 Å². The van der Waals surface area contributed by atoms with Crippen LogP contribution in [0.15, 0.2) is 48.8 Å². The van der Waals surface area contributed by atoms with Crippen molar-refractivity contribution < 1.29 is 27.1 Å². The molecule has 0 aliphatic rings. The van der Waals surface area contributed by atoms with Crippen LogP contribution in [-0.2, 0) is 12.6 Å². The fourth-order valence-corrected chi connectivity index (χ4v) is 2.38. The number of halogens is 4. The quantitative estimate of drug-likeness (QED) is 0.471. The maximum Gasteiger partial charge on any atom is 0.433 e. The summed E-state index contributed by atoms with van der Waals surface area (Å²) in [5, 5.41) is 0. The van der Waals surface area contributed by atoms with Crippen molar-refractivity contribution in [3.8, 4) is 11.5 Å². The molecule has 0 amide bonds. The zero-order chi connectivity index (χ0) is 20.3. The first kappa shape index (κ1) is 19.4. The molecule has 3 heterocycles. The number of aromatic nitrogens is 3. The number of alkyl halides is 3. The summed E-state index contributed by atoms with van der Waals surface area (Å²) in [7, 11) is 0. The van der Waals surface area contributed by atoms with Crippen LogP contribution >= 0.6 is 0 Å². The Morgan fingerprint density at radius 3 is 2.50 bits per heavy atom. The van der Waals surface area contributed by atoms with Crippen LogP contribution in [0.25, 0.3) is 0 Å². The lowest BCUT2D eigenvalue weighted by atomic mass is 10.1. The normalized spacial score (nSPS) is 11.3. The van der Waals surface area contributed by atoms with Crippen LogP contribution in [0.3, 0.4) is 0 Å². The maximum absolute atomic E-state index is 13.2. The van der Waals surface area contributed by atoms with Crippen LogP contribution in [0.2, 0.25) is 0 Å². The molecule has 0 aromatic carbocycles. The van der Waals surface area contributed by atoms with E-state index in [1.807, 2.05) is 0 Å². The zero-order valence-corrected chi connectivity index (χ0v) is 14.5. The number of hydrogen-bond acceptors (Lipinski definition) is 5. The molecule has 9 heteroatoms. The van der Waals surface area contributed by atoms with Gasteiger partial charge in [0.1, 0.15) is 28.7 Å². The van der Waals surface area contributed by atoms with Crippen molar-refractivity contribution in [1.29, 1.82) is 0 Å². The lowest BCUT2D eigenvalue weighted by Gasteiger charge is -2.10. The van der Waals surface area contributed by atoms with Crippen molar-refractivity contribution >= 4 is 5.78 Å². The Kier molecular flexibility index (Phi) is 5.34. The third kappa shape index (κ3) is 4.87. The van der Waals surface area contributed by atoms with Crippen LogP contribution in [0.5, 0.6) is 11.5 Å². The molecule has 3 aromatic heterocycles. The molecule has 28 heavy (non-hydrogen) atoms. The summed E-state index contributed by atoms with van der Waals surface area (Å²) in [4.78, 5) is 23.8. The summed E-state index contributed by atoms with van der Waals surface area (Å²) in [6, 6.07) is 7.12. The van der Waals surface area contributed by atoms with E-state index >= 15 is 0 Å². The Balaban J connectivity index is 1.78. The number of aryl methyl sites for hydroxylation is 1. The number of carbonyl (C=O) groups excluding carboxylic acids is 1. The Morgan fingerprint density at radius 1 is 1.07 bits per heavy atom. The van der Waals surface area contributed by atoms with E-state index in [-0.39, 0.29) is 29.3 Å². The summed E-state index contributed by atoms with van der Waals surface area (Å²) in [5.41, 5.74) is -0.249. The molecule has 0 unspecified atom stereocenters. The summed E-state index contributed by atoms with van der Waals surface area (Å²) in [6.07, 6.45) is -2.50. The van der Waals surface area contributed by atoms with Crippen molar-refractivity contribution in [1.82, 2.24) is 15.0 Å². The van der Waals surface area contributed by atoms with Gasteiger partial charge in [-0.15, -0.1) is 0 Å². The number of carbonyl (C=O) groups is 1. The molecule has 3 aromatic rings. The van der Waals surface area contributed by atoms with Gasteiger partial charge in [0.15, 0.2) is 5.78 Å². The fraction of sp³-hybridized carbons (Fsp3) is 0.158. The van der Waals surface area contributed by atoms with Gasteiger partial charge in [-0.1, -0.05) is 0 Å². The average Bonchev–Trinajstić information content (AvgIpc) is 2.61. The molecular formula is C19H13F4N3O2. The summed E-state index contributed by atoms with van der Waals surface area (Å²) >= 11 is 0. The lowest BCUT2D eigenvalue weighted by molar-refractivity contribution is -0.141. The molecule has 0 aliphatic heterocycles. The standard InChI is InChI=1S/C19H13F4N3O2/c1-11-6-15(28-14-2-3-18(25-10-14)19(21,22)23)9-16(26-11)17(27)8-13-7-12(20)4-5-24-13/h2-7,9-10H,8H2,1H3. The van der Waals surface area contributed by atoms with Gasteiger partial charge in [-0.2, -0.15) is 13.2 Å². The number of ketones is 1. The third-order valence-electron chi connectivity index (χ3n) is 3.60. The molecule has 5 nitrogen and oxygen atoms in total.